The zero-order valence-corrected chi connectivity index (χ0v) is 17.7. The average molecular weight is 471 g/mol. The number of nitrogens with zero attached hydrogens (tertiary/aromatic N) is 1. The first-order valence-electron chi connectivity index (χ1n) is 9.06. The van der Waals surface area contributed by atoms with Crippen molar-refractivity contribution < 1.29 is 14.7 Å². The van der Waals surface area contributed by atoms with Crippen molar-refractivity contribution in [2.45, 2.75) is 18.6 Å². The van der Waals surface area contributed by atoms with Gasteiger partial charge in [-0.15, -0.1) is 0 Å². The second kappa shape index (κ2) is 7.75. The second-order valence-corrected chi connectivity index (χ2v) is 8.26. The number of anilines is 1. The summed E-state index contributed by atoms with van der Waals surface area (Å²) in [5.41, 5.74) is 0.453. The first-order valence-corrected chi connectivity index (χ1v) is 10.2. The number of rotatable bonds is 5. The van der Waals surface area contributed by atoms with E-state index in [1.165, 1.54) is 4.90 Å². The van der Waals surface area contributed by atoms with Crippen molar-refractivity contribution in [3.8, 4) is 0 Å². The Morgan fingerprint density at radius 3 is 2.38 bits per heavy atom. The predicted molar refractivity (Wildman–Crippen MR) is 116 cm³/mol. The molecule has 0 saturated heterocycles. The molecule has 1 atom stereocenters. The molecule has 1 amide bonds. The lowest BCUT2D eigenvalue weighted by atomic mass is 9.88. The molecule has 29 heavy (non-hydrogen) atoms. The van der Waals surface area contributed by atoms with Crippen LogP contribution in [0.3, 0.4) is 0 Å². The number of para-hydroxylation sites is 1. The van der Waals surface area contributed by atoms with Gasteiger partial charge >= 0.3 is 0 Å². The van der Waals surface area contributed by atoms with E-state index >= 15 is 0 Å². The maximum Gasteiger partial charge on any atom is 0.264 e. The number of Topliss-reactive ketones (excluding diaryl/α,β-unsaturated/α-hetero) is 1. The third-order valence-electron chi connectivity index (χ3n) is 5.11. The van der Waals surface area contributed by atoms with Gasteiger partial charge in [0.2, 0.25) is 0 Å². The molecule has 3 aromatic rings. The number of halogens is 2. The minimum absolute atomic E-state index is 0.286. The summed E-state index contributed by atoms with van der Waals surface area (Å²) in [6, 6.07) is 21.1. The summed E-state index contributed by atoms with van der Waals surface area (Å²) >= 11 is 9.39. The molecule has 0 spiro atoms. The number of carbonyl (C=O) groups excluding carboxylic acids is 2. The minimum atomic E-state index is -1.91. The van der Waals surface area contributed by atoms with Gasteiger partial charge in [-0.1, -0.05) is 63.9 Å². The zero-order chi connectivity index (χ0) is 20.6. The fourth-order valence-electron chi connectivity index (χ4n) is 3.60. The van der Waals surface area contributed by atoms with E-state index in [1.54, 1.807) is 42.5 Å². The Morgan fingerprint density at radius 1 is 1.00 bits per heavy atom. The van der Waals surface area contributed by atoms with Gasteiger partial charge in [-0.05, 0) is 42.0 Å². The fraction of sp³-hybridized carbons (Fsp3) is 0.130. The van der Waals surface area contributed by atoms with E-state index in [-0.39, 0.29) is 18.7 Å². The third-order valence-corrected chi connectivity index (χ3v) is 6.13. The number of hydrogen-bond donors (Lipinski definition) is 1. The quantitative estimate of drug-likeness (QED) is 0.527. The molecule has 146 valence electrons. The van der Waals surface area contributed by atoms with Crippen LogP contribution in [0, 0.1) is 0 Å². The average Bonchev–Trinajstić information content (AvgIpc) is 2.92. The van der Waals surface area contributed by atoms with E-state index in [9.17, 15) is 14.7 Å². The molecule has 1 unspecified atom stereocenters. The number of fused-ring (bicyclic) bond motifs is 1. The Labute approximate surface area is 181 Å². The molecule has 4 nitrogen and oxygen atoms in total. The van der Waals surface area contributed by atoms with Crippen LogP contribution in [0.1, 0.15) is 27.9 Å². The number of amides is 1. The first kappa shape index (κ1) is 19.8. The second-order valence-electron chi connectivity index (χ2n) is 6.97. The minimum Gasteiger partial charge on any atom is -0.375 e. The van der Waals surface area contributed by atoms with Gasteiger partial charge in [0.25, 0.3) is 5.91 Å². The number of aliphatic hydroxyl groups is 1. The Bertz CT molecular complexity index is 1100. The van der Waals surface area contributed by atoms with Gasteiger partial charge in [0.15, 0.2) is 11.4 Å². The van der Waals surface area contributed by atoms with Crippen LogP contribution < -0.4 is 4.90 Å². The van der Waals surface area contributed by atoms with Gasteiger partial charge in [0.1, 0.15) is 0 Å². The number of ketones is 1. The van der Waals surface area contributed by atoms with Crippen molar-refractivity contribution in [2.24, 2.45) is 0 Å². The molecule has 3 aromatic carbocycles. The predicted octanol–water partition coefficient (Wildman–Crippen LogP) is 5.11. The number of hydrogen-bond acceptors (Lipinski definition) is 3. The van der Waals surface area contributed by atoms with Gasteiger partial charge in [-0.3, -0.25) is 9.59 Å². The van der Waals surface area contributed by atoms with Crippen molar-refractivity contribution in [1.29, 1.82) is 0 Å². The van der Waals surface area contributed by atoms with Crippen molar-refractivity contribution >= 4 is 44.9 Å². The summed E-state index contributed by atoms with van der Waals surface area (Å²) in [5, 5.41) is 11.9. The van der Waals surface area contributed by atoms with Crippen molar-refractivity contribution in [1.82, 2.24) is 0 Å². The molecule has 1 aliphatic rings. The number of carbonyl (C=O) groups is 2. The summed E-state index contributed by atoms with van der Waals surface area (Å²) in [4.78, 5) is 27.7. The Balaban J connectivity index is 1.69. The van der Waals surface area contributed by atoms with Crippen LogP contribution in [0.15, 0.2) is 77.3 Å². The monoisotopic (exact) mass is 469 g/mol. The Hall–Kier alpha value is -2.47. The highest BCUT2D eigenvalue weighted by molar-refractivity contribution is 9.10. The van der Waals surface area contributed by atoms with Gasteiger partial charge < -0.3 is 10.0 Å². The van der Waals surface area contributed by atoms with Gasteiger partial charge in [-0.25, -0.2) is 0 Å². The molecular weight excluding hydrogens is 454 g/mol. The Morgan fingerprint density at radius 2 is 1.66 bits per heavy atom. The van der Waals surface area contributed by atoms with Crippen LogP contribution >= 0.6 is 27.5 Å². The van der Waals surface area contributed by atoms with Gasteiger partial charge in [0.05, 0.1) is 18.7 Å². The van der Waals surface area contributed by atoms with Crippen LogP contribution in [0.2, 0.25) is 5.02 Å². The highest BCUT2D eigenvalue weighted by atomic mass is 79.9. The molecule has 4 rings (SSSR count). The molecule has 0 aromatic heterocycles. The van der Waals surface area contributed by atoms with E-state index in [2.05, 4.69) is 15.9 Å². The molecule has 1 heterocycles. The van der Waals surface area contributed by atoms with Crippen LogP contribution in [0.4, 0.5) is 5.69 Å². The first-order chi connectivity index (χ1) is 13.9. The summed E-state index contributed by atoms with van der Waals surface area (Å²) in [7, 11) is 0. The molecule has 1 aliphatic heterocycles. The molecule has 0 aliphatic carbocycles. The lowest BCUT2D eigenvalue weighted by molar-refractivity contribution is -0.136. The smallest absolute Gasteiger partial charge is 0.264 e. The molecule has 0 saturated carbocycles. The van der Waals surface area contributed by atoms with Crippen LogP contribution in [0.5, 0.6) is 0 Å². The molecule has 6 heteroatoms. The standard InChI is InChI=1S/C23H17BrClNO3/c24-19-7-3-1-5-16(19)14-26-20-8-4-2-6-18(20)23(29,22(26)28)13-21(27)15-9-11-17(25)12-10-15/h1-12,29H,13-14H2. The van der Waals surface area contributed by atoms with Crippen LogP contribution in [-0.2, 0) is 16.9 Å². The van der Waals surface area contributed by atoms with Crippen molar-refractivity contribution in [3.63, 3.8) is 0 Å². The Kier molecular flexibility index (Phi) is 5.30. The van der Waals surface area contributed by atoms with Crippen LogP contribution in [-0.4, -0.2) is 16.8 Å². The van der Waals surface area contributed by atoms with Gasteiger partial charge in [0, 0.05) is 20.6 Å². The van der Waals surface area contributed by atoms with E-state index in [1.807, 2.05) is 30.3 Å². The summed E-state index contributed by atoms with van der Waals surface area (Å²) in [5.74, 6) is -0.827. The highest BCUT2D eigenvalue weighted by Crippen LogP contribution is 2.43. The number of benzene rings is 3. The lowest BCUT2D eigenvalue weighted by Gasteiger charge is -2.23. The van der Waals surface area contributed by atoms with E-state index in [0.29, 0.717) is 21.8 Å². The van der Waals surface area contributed by atoms with Crippen LogP contribution in [0.25, 0.3) is 0 Å². The summed E-state index contributed by atoms with van der Waals surface area (Å²) in [6.45, 7) is 0.286. The fourth-order valence-corrected chi connectivity index (χ4v) is 4.14. The molecule has 1 N–H and O–H groups in total. The molecule has 0 bridgehead atoms. The van der Waals surface area contributed by atoms with E-state index in [4.69, 9.17) is 11.6 Å². The third kappa shape index (κ3) is 3.62. The zero-order valence-electron chi connectivity index (χ0n) is 15.3. The maximum absolute atomic E-state index is 13.3. The normalized spacial score (nSPS) is 18.0. The molecule has 0 radical (unpaired) electrons. The van der Waals surface area contributed by atoms with Gasteiger partial charge in [-0.2, -0.15) is 0 Å². The molecular formula is C23H17BrClNO3. The van der Waals surface area contributed by atoms with E-state index in [0.717, 1.165) is 10.0 Å². The lowest BCUT2D eigenvalue weighted by Crippen LogP contribution is -2.41. The van der Waals surface area contributed by atoms with E-state index < -0.39 is 11.5 Å². The van der Waals surface area contributed by atoms with Crippen molar-refractivity contribution in [3.05, 3.63) is 99.0 Å². The summed E-state index contributed by atoms with van der Waals surface area (Å²) in [6.07, 6.45) is -0.336. The van der Waals surface area contributed by atoms with Crippen molar-refractivity contribution in [2.75, 3.05) is 4.90 Å². The summed E-state index contributed by atoms with van der Waals surface area (Å²) < 4.78 is 0.873. The maximum atomic E-state index is 13.3. The molecule has 0 fully saturated rings. The SMILES string of the molecule is O=C(CC1(O)C(=O)N(Cc2ccccc2Br)c2ccccc21)c1ccc(Cl)cc1. The largest absolute Gasteiger partial charge is 0.375 e. The topological polar surface area (TPSA) is 57.6 Å². The highest BCUT2D eigenvalue weighted by Gasteiger charge is 2.50.